The molecule has 0 bridgehead atoms. The molecule has 0 atom stereocenters. The van der Waals surface area contributed by atoms with Gasteiger partial charge in [0.2, 0.25) is 11.8 Å². The fraction of sp³-hybridized carbons (Fsp3) is 0.250. The zero-order chi connectivity index (χ0) is 19.3. The summed E-state index contributed by atoms with van der Waals surface area (Å²) in [4.78, 5) is 16.1. The van der Waals surface area contributed by atoms with Crippen molar-refractivity contribution in [1.82, 2.24) is 10.1 Å². The van der Waals surface area contributed by atoms with E-state index in [2.05, 4.69) is 20.8 Å². The predicted octanol–water partition coefficient (Wildman–Crippen LogP) is 4.21. The van der Waals surface area contributed by atoms with E-state index in [0.717, 1.165) is 11.4 Å². The summed E-state index contributed by atoms with van der Waals surface area (Å²) < 4.78 is 10.9. The second-order valence-corrected chi connectivity index (χ2v) is 7.04. The van der Waals surface area contributed by atoms with Gasteiger partial charge in [-0.3, -0.25) is 15.1 Å². The van der Waals surface area contributed by atoms with Crippen LogP contribution in [0.15, 0.2) is 59.4 Å². The zero-order valence-electron chi connectivity index (χ0n) is 15.5. The smallest absolute Gasteiger partial charge is 0.246 e. The lowest BCUT2D eigenvalue weighted by atomic mass is 9.92. The highest BCUT2D eigenvalue weighted by Crippen LogP contribution is 2.24. The van der Waals surface area contributed by atoms with Crippen LogP contribution in [0.5, 0.6) is 11.5 Å². The molecule has 0 spiro atoms. The van der Waals surface area contributed by atoms with Crippen molar-refractivity contribution < 1.29 is 14.1 Å². The fourth-order valence-electron chi connectivity index (χ4n) is 2.26. The van der Waals surface area contributed by atoms with E-state index in [1.54, 1.807) is 30.6 Å². The molecule has 0 aliphatic rings. The van der Waals surface area contributed by atoms with Gasteiger partial charge >= 0.3 is 0 Å². The Kier molecular flexibility index (Phi) is 5.40. The molecule has 7 nitrogen and oxygen atoms in total. The van der Waals surface area contributed by atoms with Crippen molar-refractivity contribution in [3.63, 3.8) is 0 Å². The molecule has 27 heavy (non-hydrogen) atoms. The molecular weight excluding hydrogens is 344 g/mol. The van der Waals surface area contributed by atoms with Crippen LogP contribution in [0, 0.1) is 0 Å². The summed E-state index contributed by atoms with van der Waals surface area (Å²) in [5.74, 6) is 1.46. The van der Waals surface area contributed by atoms with Crippen molar-refractivity contribution in [2.45, 2.75) is 26.2 Å². The predicted molar refractivity (Wildman–Crippen MR) is 103 cm³/mol. The van der Waals surface area contributed by atoms with Crippen LogP contribution in [0.25, 0.3) is 0 Å². The van der Waals surface area contributed by atoms with Crippen molar-refractivity contribution in [2.24, 2.45) is 0 Å². The minimum atomic E-state index is -0.230. The van der Waals surface area contributed by atoms with Crippen LogP contribution in [0.4, 0.5) is 11.6 Å². The number of amides is 1. The highest BCUT2D eigenvalue weighted by molar-refractivity contribution is 5.92. The van der Waals surface area contributed by atoms with Crippen LogP contribution in [0.2, 0.25) is 0 Å². The second kappa shape index (κ2) is 7.90. The number of nitrogens with zero attached hydrogens (tertiary/aromatic N) is 2. The molecule has 3 rings (SSSR count). The molecule has 0 saturated carbocycles. The molecule has 3 aromatic rings. The minimum Gasteiger partial charge on any atom is -0.457 e. The number of nitrogens with one attached hydrogen (secondary N) is 2. The van der Waals surface area contributed by atoms with Crippen LogP contribution in [0.1, 0.15) is 26.5 Å². The largest absolute Gasteiger partial charge is 0.457 e. The molecule has 1 amide bonds. The Balaban J connectivity index is 1.54. The molecular formula is C20H22N4O3. The van der Waals surface area contributed by atoms with Gasteiger partial charge in [-0.05, 0) is 24.3 Å². The zero-order valence-corrected chi connectivity index (χ0v) is 15.5. The first-order valence-electron chi connectivity index (χ1n) is 8.59. The van der Waals surface area contributed by atoms with Gasteiger partial charge in [0.1, 0.15) is 11.5 Å². The average molecular weight is 366 g/mol. The number of carbonyl (C=O) groups is 1. The lowest BCUT2D eigenvalue weighted by molar-refractivity contribution is -0.114. The maximum absolute atomic E-state index is 12.1. The number of carbonyl (C=O) groups excluding carboxylic acids is 1. The summed E-state index contributed by atoms with van der Waals surface area (Å²) >= 11 is 0. The average Bonchev–Trinajstić information content (AvgIpc) is 3.10. The fourth-order valence-corrected chi connectivity index (χ4v) is 2.26. The molecule has 0 aliphatic heterocycles. The second-order valence-electron chi connectivity index (χ2n) is 7.04. The van der Waals surface area contributed by atoms with Crippen molar-refractivity contribution in [2.75, 3.05) is 17.2 Å². The van der Waals surface area contributed by atoms with Crippen LogP contribution in [-0.2, 0) is 10.2 Å². The van der Waals surface area contributed by atoms with Crippen LogP contribution < -0.4 is 15.4 Å². The quantitative estimate of drug-likeness (QED) is 0.679. The number of ether oxygens (including phenoxy) is 1. The van der Waals surface area contributed by atoms with Crippen LogP contribution in [0.3, 0.4) is 0 Å². The SMILES string of the molecule is CC(C)(C)c1cc(NC(=O)CNc2cccc(Oc3ccncc3)c2)on1. The third-order valence-electron chi connectivity index (χ3n) is 3.71. The number of hydrogen-bond donors (Lipinski definition) is 2. The number of aromatic nitrogens is 2. The van der Waals surface area contributed by atoms with Gasteiger partial charge in [-0.25, -0.2) is 0 Å². The Morgan fingerprint density at radius 1 is 1.11 bits per heavy atom. The van der Waals surface area contributed by atoms with Crippen molar-refractivity contribution in [1.29, 1.82) is 0 Å². The number of pyridine rings is 1. The topological polar surface area (TPSA) is 89.3 Å². The van der Waals surface area contributed by atoms with E-state index in [4.69, 9.17) is 9.26 Å². The van der Waals surface area contributed by atoms with Gasteiger partial charge in [0.05, 0.1) is 12.2 Å². The molecule has 2 heterocycles. The van der Waals surface area contributed by atoms with Crippen molar-refractivity contribution >= 4 is 17.5 Å². The summed E-state index contributed by atoms with van der Waals surface area (Å²) in [6.45, 7) is 6.17. The summed E-state index contributed by atoms with van der Waals surface area (Å²) in [7, 11) is 0. The molecule has 7 heteroatoms. The summed E-state index contributed by atoms with van der Waals surface area (Å²) in [5.41, 5.74) is 1.41. The number of rotatable bonds is 6. The molecule has 0 fully saturated rings. The van der Waals surface area contributed by atoms with Crippen molar-refractivity contribution in [3.8, 4) is 11.5 Å². The molecule has 0 unspecified atom stereocenters. The third kappa shape index (κ3) is 5.31. The van der Waals surface area contributed by atoms with Crippen LogP contribution in [-0.4, -0.2) is 22.6 Å². The molecule has 0 aliphatic carbocycles. The first-order chi connectivity index (χ1) is 12.9. The lowest BCUT2D eigenvalue weighted by Gasteiger charge is -2.12. The van der Waals surface area contributed by atoms with E-state index in [9.17, 15) is 4.79 Å². The Morgan fingerprint density at radius 3 is 2.59 bits per heavy atom. The molecule has 2 aromatic heterocycles. The Hall–Kier alpha value is -3.35. The molecule has 0 saturated heterocycles. The van der Waals surface area contributed by atoms with E-state index in [1.807, 2.05) is 45.0 Å². The normalized spacial score (nSPS) is 11.1. The molecule has 1 aromatic carbocycles. The van der Waals surface area contributed by atoms with E-state index in [-0.39, 0.29) is 17.9 Å². The number of hydrogen-bond acceptors (Lipinski definition) is 6. The van der Waals surface area contributed by atoms with E-state index in [1.165, 1.54) is 0 Å². The highest BCUT2D eigenvalue weighted by atomic mass is 16.5. The minimum absolute atomic E-state index is 0.0876. The Morgan fingerprint density at radius 2 is 1.89 bits per heavy atom. The van der Waals surface area contributed by atoms with Gasteiger partial charge in [0, 0.05) is 35.6 Å². The van der Waals surface area contributed by atoms with Gasteiger partial charge in [-0.2, -0.15) is 0 Å². The number of benzene rings is 1. The van der Waals surface area contributed by atoms with E-state index in [0.29, 0.717) is 17.4 Å². The van der Waals surface area contributed by atoms with E-state index < -0.39 is 0 Å². The summed E-state index contributed by atoms with van der Waals surface area (Å²) in [5, 5.41) is 9.73. The molecule has 2 N–H and O–H groups in total. The lowest BCUT2D eigenvalue weighted by Crippen LogP contribution is -2.21. The molecule has 0 radical (unpaired) electrons. The van der Waals surface area contributed by atoms with Gasteiger partial charge in [0.25, 0.3) is 0 Å². The first-order valence-corrected chi connectivity index (χ1v) is 8.59. The highest BCUT2D eigenvalue weighted by Gasteiger charge is 2.19. The van der Waals surface area contributed by atoms with Crippen molar-refractivity contribution in [3.05, 3.63) is 60.6 Å². The van der Waals surface area contributed by atoms with Gasteiger partial charge in [0.15, 0.2) is 0 Å². The van der Waals surface area contributed by atoms with Gasteiger partial charge in [-0.15, -0.1) is 0 Å². The first kappa shape index (κ1) is 18.4. The third-order valence-corrected chi connectivity index (χ3v) is 3.71. The van der Waals surface area contributed by atoms with E-state index >= 15 is 0 Å². The maximum atomic E-state index is 12.1. The Bertz CT molecular complexity index is 901. The Labute approximate surface area is 157 Å². The standard InChI is InChI=1S/C20H22N4O3/c1-20(2,3)17-12-19(27-24-17)23-18(25)13-22-14-5-4-6-16(11-14)26-15-7-9-21-10-8-15/h4-12,22H,13H2,1-3H3,(H,23,25). The summed E-state index contributed by atoms with van der Waals surface area (Å²) in [6, 6.07) is 12.7. The molecule has 140 valence electrons. The van der Waals surface area contributed by atoms with Crippen LogP contribution >= 0.6 is 0 Å². The number of anilines is 2. The maximum Gasteiger partial charge on any atom is 0.246 e. The summed E-state index contributed by atoms with van der Waals surface area (Å²) in [6.07, 6.45) is 3.33. The van der Waals surface area contributed by atoms with Gasteiger partial charge < -0.3 is 14.6 Å². The monoisotopic (exact) mass is 366 g/mol. The van der Waals surface area contributed by atoms with Gasteiger partial charge in [-0.1, -0.05) is 32.0 Å².